The van der Waals surface area contributed by atoms with Crippen molar-refractivity contribution in [1.82, 2.24) is 25.0 Å². The average Bonchev–Trinajstić information content (AvgIpc) is 3.33. The van der Waals surface area contributed by atoms with Crippen LogP contribution in [0.25, 0.3) is 22.0 Å². The molecule has 0 aliphatic heterocycles. The Bertz CT molecular complexity index is 1320. The maximum atomic E-state index is 13.9. The standard InChI is InChI=1S/C27H30FN5OS/c1-5-34-25-14-19(9-10-22(25)18-7-6-8-21(28)13-18)27(35)33(4)24(11-12-32(2)3)23-17-29-15-20-16-30-31-26(20)23/h6-10,13-17,24H,5,11-12H2,1-4H3,(H,30,31). The van der Waals surface area contributed by atoms with Crippen LogP contribution in [0.4, 0.5) is 4.39 Å². The Morgan fingerprint density at radius 3 is 2.69 bits per heavy atom. The van der Waals surface area contributed by atoms with Crippen molar-refractivity contribution in [1.29, 1.82) is 0 Å². The number of pyridine rings is 1. The molecule has 8 heteroatoms. The topological polar surface area (TPSA) is 57.3 Å². The quantitative estimate of drug-likeness (QED) is 0.314. The molecule has 0 amide bonds. The third-order valence-electron chi connectivity index (χ3n) is 6.05. The Morgan fingerprint density at radius 2 is 1.94 bits per heavy atom. The molecule has 4 rings (SSSR count). The van der Waals surface area contributed by atoms with E-state index in [1.165, 1.54) is 12.1 Å². The summed E-state index contributed by atoms with van der Waals surface area (Å²) >= 11 is 5.98. The SMILES string of the molecule is CCOc1cc(C(=S)N(C)C(CCN(C)C)c2cncc3cn[nH]c23)ccc1-c1cccc(F)c1. The van der Waals surface area contributed by atoms with Crippen molar-refractivity contribution in [3.05, 3.63) is 78.0 Å². The van der Waals surface area contributed by atoms with Crippen LogP contribution in [-0.4, -0.2) is 64.3 Å². The lowest BCUT2D eigenvalue weighted by molar-refractivity contribution is 0.304. The molecule has 0 aliphatic rings. The number of rotatable bonds is 9. The average molecular weight is 492 g/mol. The second-order valence-electron chi connectivity index (χ2n) is 8.74. The monoisotopic (exact) mass is 491 g/mol. The molecule has 1 unspecified atom stereocenters. The Labute approximate surface area is 210 Å². The van der Waals surface area contributed by atoms with E-state index in [0.717, 1.165) is 46.1 Å². The second-order valence-corrected chi connectivity index (χ2v) is 9.13. The van der Waals surface area contributed by atoms with Crippen molar-refractivity contribution < 1.29 is 9.13 Å². The van der Waals surface area contributed by atoms with E-state index in [-0.39, 0.29) is 11.9 Å². The van der Waals surface area contributed by atoms with E-state index in [9.17, 15) is 4.39 Å². The van der Waals surface area contributed by atoms with Crippen LogP contribution in [-0.2, 0) is 0 Å². The van der Waals surface area contributed by atoms with Gasteiger partial charge in [0.25, 0.3) is 0 Å². The fourth-order valence-electron chi connectivity index (χ4n) is 4.25. The molecule has 0 aliphatic carbocycles. The zero-order chi connectivity index (χ0) is 24.9. The van der Waals surface area contributed by atoms with Crippen LogP contribution < -0.4 is 4.74 Å². The van der Waals surface area contributed by atoms with Gasteiger partial charge in [0.2, 0.25) is 0 Å². The number of thiocarbonyl (C=S) groups is 1. The smallest absolute Gasteiger partial charge is 0.127 e. The zero-order valence-electron chi connectivity index (χ0n) is 20.5. The molecule has 0 radical (unpaired) electrons. The molecule has 2 aromatic carbocycles. The molecular weight excluding hydrogens is 461 g/mol. The van der Waals surface area contributed by atoms with Gasteiger partial charge in [-0.2, -0.15) is 5.10 Å². The molecule has 0 saturated carbocycles. The van der Waals surface area contributed by atoms with Gasteiger partial charge >= 0.3 is 0 Å². The van der Waals surface area contributed by atoms with Gasteiger partial charge in [-0.1, -0.05) is 30.4 Å². The van der Waals surface area contributed by atoms with Crippen molar-refractivity contribution in [2.75, 3.05) is 34.3 Å². The lowest BCUT2D eigenvalue weighted by Gasteiger charge is -2.32. The van der Waals surface area contributed by atoms with Crippen LogP contribution in [0.2, 0.25) is 0 Å². The van der Waals surface area contributed by atoms with Crippen LogP contribution in [0, 0.1) is 5.82 Å². The number of nitrogens with one attached hydrogen (secondary N) is 1. The summed E-state index contributed by atoms with van der Waals surface area (Å²) in [7, 11) is 6.13. The minimum absolute atomic E-state index is 0.0139. The first-order valence-electron chi connectivity index (χ1n) is 11.6. The maximum absolute atomic E-state index is 13.9. The predicted molar refractivity (Wildman–Crippen MR) is 142 cm³/mol. The Balaban J connectivity index is 1.70. The van der Waals surface area contributed by atoms with Gasteiger partial charge in [0.05, 0.1) is 24.4 Å². The van der Waals surface area contributed by atoms with Crippen molar-refractivity contribution in [3.8, 4) is 16.9 Å². The third-order valence-corrected chi connectivity index (χ3v) is 6.57. The number of benzene rings is 2. The van der Waals surface area contributed by atoms with Gasteiger partial charge in [0.15, 0.2) is 0 Å². The number of aromatic amines is 1. The number of fused-ring (bicyclic) bond motifs is 1. The van der Waals surface area contributed by atoms with E-state index in [2.05, 4.69) is 39.1 Å². The summed E-state index contributed by atoms with van der Waals surface area (Å²) in [6.45, 7) is 3.31. The first-order chi connectivity index (χ1) is 16.9. The first kappa shape index (κ1) is 24.8. The number of aromatic nitrogens is 3. The number of H-pyrrole nitrogens is 1. The predicted octanol–water partition coefficient (Wildman–Crippen LogP) is 5.46. The summed E-state index contributed by atoms with van der Waals surface area (Å²) in [5.41, 5.74) is 4.48. The highest BCUT2D eigenvalue weighted by Crippen LogP contribution is 2.34. The molecule has 4 aromatic rings. The molecular formula is C27H30FN5OS. The van der Waals surface area contributed by atoms with Gasteiger partial charge in [-0.25, -0.2) is 4.39 Å². The van der Waals surface area contributed by atoms with E-state index >= 15 is 0 Å². The van der Waals surface area contributed by atoms with Crippen molar-refractivity contribution in [2.45, 2.75) is 19.4 Å². The number of hydrogen-bond acceptors (Lipinski definition) is 5. The van der Waals surface area contributed by atoms with Crippen molar-refractivity contribution in [3.63, 3.8) is 0 Å². The number of halogens is 1. The molecule has 2 heterocycles. The molecule has 6 nitrogen and oxygen atoms in total. The van der Waals surface area contributed by atoms with Crippen molar-refractivity contribution >= 4 is 28.1 Å². The van der Waals surface area contributed by atoms with E-state index < -0.39 is 0 Å². The molecule has 0 saturated heterocycles. The Hall–Kier alpha value is -3.36. The maximum Gasteiger partial charge on any atom is 0.127 e. The lowest BCUT2D eigenvalue weighted by Crippen LogP contribution is -2.33. The van der Waals surface area contributed by atoms with Gasteiger partial charge in [0, 0.05) is 41.5 Å². The minimum Gasteiger partial charge on any atom is -0.493 e. The highest BCUT2D eigenvalue weighted by molar-refractivity contribution is 7.80. The normalized spacial score (nSPS) is 12.2. The molecule has 0 spiro atoms. The van der Waals surface area contributed by atoms with Gasteiger partial charge in [-0.3, -0.25) is 10.1 Å². The largest absolute Gasteiger partial charge is 0.493 e. The number of nitrogens with zero attached hydrogens (tertiary/aromatic N) is 4. The summed E-state index contributed by atoms with van der Waals surface area (Å²) in [5.74, 6) is 0.392. The van der Waals surface area contributed by atoms with Crippen LogP contribution in [0.15, 0.2) is 61.1 Å². The fraction of sp³-hybridized carbons (Fsp3) is 0.296. The molecule has 0 fully saturated rings. The minimum atomic E-state index is -0.283. The Kier molecular flexibility index (Phi) is 7.73. The van der Waals surface area contributed by atoms with Crippen LogP contribution >= 0.6 is 12.2 Å². The Morgan fingerprint density at radius 1 is 1.11 bits per heavy atom. The first-order valence-corrected chi connectivity index (χ1v) is 12.0. The third kappa shape index (κ3) is 5.49. The molecule has 35 heavy (non-hydrogen) atoms. The van der Waals surface area contributed by atoms with E-state index in [1.807, 2.05) is 50.6 Å². The lowest BCUT2D eigenvalue weighted by atomic mass is 9.99. The number of hydrogen-bond donors (Lipinski definition) is 1. The zero-order valence-corrected chi connectivity index (χ0v) is 21.3. The van der Waals surface area contributed by atoms with E-state index in [0.29, 0.717) is 17.3 Å². The molecule has 0 bridgehead atoms. The fourth-order valence-corrected chi connectivity index (χ4v) is 4.50. The summed E-state index contributed by atoms with van der Waals surface area (Å²) in [5, 5.41) is 8.30. The van der Waals surface area contributed by atoms with Gasteiger partial charge in [-0.15, -0.1) is 0 Å². The number of ether oxygens (including phenoxy) is 1. The van der Waals surface area contributed by atoms with Gasteiger partial charge < -0.3 is 14.5 Å². The van der Waals surface area contributed by atoms with Crippen LogP contribution in [0.1, 0.15) is 30.5 Å². The van der Waals surface area contributed by atoms with Crippen molar-refractivity contribution in [2.24, 2.45) is 0 Å². The van der Waals surface area contributed by atoms with E-state index in [4.69, 9.17) is 17.0 Å². The summed E-state index contributed by atoms with van der Waals surface area (Å²) in [6.07, 6.45) is 6.33. The molecule has 1 N–H and O–H groups in total. The van der Waals surface area contributed by atoms with Gasteiger partial charge in [0.1, 0.15) is 16.6 Å². The molecule has 2 aromatic heterocycles. The summed E-state index contributed by atoms with van der Waals surface area (Å²) in [6, 6.07) is 12.4. The van der Waals surface area contributed by atoms with Gasteiger partial charge in [-0.05, 0) is 63.8 Å². The highest BCUT2D eigenvalue weighted by atomic mass is 32.1. The second kappa shape index (κ2) is 10.9. The summed E-state index contributed by atoms with van der Waals surface area (Å²) in [4.78, 5) is 9.41. The highest BCUT2D eigenvalue weighted by Gasteiger charge is 2.24. The van der Waals surface area contributed by atoms with Crippen LogP contribution in [0.5, 0.6) is 5.75 Å². The molecule has 1 atom stereocenters. The van der Waals surface area contributed by atoms with E-state index in [1.54, 1.807) is 12.3 Å². The summed E-state index contributed by atoms with van der Waals surface area (Å²) < 4.78 is 19.8. The van der Waals surface area contributed by atoms with Crippen LogP contribution in [0.3, 0.4) is 0 Å². The molecule has 182 valence electrons.